The summed E-state index contributed by atoms with van der Waals surface area (Å²) in [4.78, 5) is 13.6. The molecular weight excluding hydrogens is 272 g/mol. The number of ether oxygens (including phenoxy) is 3. The second-order valence-corrected chi connectivity index (χ2v) is 4.96. The molecule has 0 aromatic heterocycles. The van der Waals surface area contributed by atoms with E-state index in [-0.39, 0.29) is 12.1 Å². The molecule has 1 amide bonds. The first-order valence-electron chi connectivity index (χ1n) is 6.90. The lowest BCUT2D eigenvalue weighted by Crippen LogP contribution is -2.39. The SMILES string of the molecule is COC(=O)N1CCc2c(OC)c(CN)cc(OC)c2C1C. The maximum Gasteiger partial charge on any atom is 0.409 e. The Kier molecular flexibility index (Phi) is 4.57. The highest BCUT2D eigenvalue weighted by atomic mass is 16.5. The van der Waals surface area contributed by atoms with Crippen LogP contribution in [0.15, 0.2) is 6.07 Å². The zero-order chi connectivity index (χ0) is 15.6. The van der Waals surface area contributed by atoms with E-state index < -0.39 is 0 Å². The Morgan fingerprint density at radius 2 is 2.10 bits per heavy atom. The van der Waals surface area contributed by atoms with Crippen LogP contribution in [0.2, 0.25) is 0 Å². The second kappa shape index (κ2) is 6.22. The average Bonchev–Trinajstić information content (AvgIpc) is 2.52. The molecule has 1 atom stereocenters. The number of nitrogens with zero attached hydrogens (tertiary/aromatic N) is 1. The molecule has 0 aliphatic carbocycles. The van der Waals surface area contributed by atoms with Crippen LogP contribution in [0, 0.1) is 0 Å². The first-order valence-corrected chi connectivity index (χ1v) is 6.90. The number of carbonyl (C=O) groups excluding carboxylic acids is 1. The molecule has 6 heteroatoms. The molecule has 1 aromatic carbocycles. The fraction of sp³-hybridized carbons (Fsp3) is 0.533. The molecule has 0 fully saturated rings. The summed E-state index contributed by atoms with van der Waals surface area (Å²) < 4.78 is 15.9. The Labute approximate surface area is 124 Å². The van der Waals surface area contributed by atoms with Crippen molar-refractivity contribution < 1.29 is 19.0 Å². The van der Waals surface area contributed by atoms with Crippen molar-refractivity contribution in [1.29, 1.82) is 0 Å². The van der Waals surface area contributed by atoms with Crippen molar-refractivity contribution in [2.75, 3.05) is 27.9 Å². The van der Waals surface area contributed by atoms with E-state index in [2.05, 4.69) is 0 Å². The molecule has 116 valence electrons. The summed E-state index contributed by atoms with van der Waals surface area (Å²) in [7, 11) is 4.64. The van der Waals surface area contributed by atoms with Gasteiger partial charge in [0.25, 0.3) is 0 Å². The minimum atomic E-state index is -0.336. The van der Waals surface area contributed by atoms with E-state index in [1.165, 1.54) is 7.11 Å². The zero-order valence-electron chi connectivity index (χ0n) is 12.9. The van der Waals surface area contributed by atoms with Crippen molar-refractivity contribution in [3.8, 4) is 11.5 Å². The molecule has 21 heavy (non-hydrogen) atoms. The maximum absolute atomic E-state index is 11.9. The summed E-state index contributed by atoms with van der Waals surface area (Å²) in [6.07, 6.45) is 0.347. The topological polar surface area (TPSA) is 74.0 Å². The number of rotatable bonds is 3. The van der Waals surface area contributed by atoms with E-state index >= 15 is 0 Å². The van der Waals surface area contributed by atoms with Crippen LogP contribution in [-0.2, 0) is 17.7 Å². The zero-order valence-corrected chi connectivity index (χ0v) is 12.9. The molecule has 0 spiro atoms. The number of fused-ring (bicyclic) bond motifs is 1. The highest BCUT2D eigenvalue weighted by molar-refractivity contribution is 5.70. The number of amides is 1. The molecule has 1 aromatic rings. The standard InChI is InChI=1S/C15H22N2O4/c1-9-13-11(5-6-17(9)15(18)21-4)14(20-3)10(8-16)7-12(13)19-2/h7,9H,5-6,8,16H2,1-4H3. The van der Waals surface area contributed by atoms with E-state index in [1.54, 1.807) is 19.1 Å². The van der Waals surface area contributed by atoms with Gasteiger partial charge in [-0.05, 0) is 19.4 Å². The predicted octanol–water partition coefficient (Wildman–Crippen LogP) is 1.85. The van der Waals surface area contributed by atoms with Gasteiger partial charge in [-0.25, -0.2) is 4.79 Å². The van der Waals surface area contributed by atoms with Gasteiger partial charge in [-0.1, -0.05) is 0 Å². The van der Waals surface area contributed by atoms with Gasteiger partial charge in [0.1, 0.15) is 11.5 Å². The average molecular weight is 294 g/mol. The lowest BCUT2D eigenvalue weighted by Gasteiger charge is -2.36. The van der Waals surface area contributed by atoms with Gasteiger partial charge in [-0.3, -0.25) is 0 Å². The summed E-state index contributed by atoms with van der Waals surface area (Å²) in [6.45, 7) is 2.91. The fourth-order valence-electron chi connectivity index (χ4n) is 3.00. The van der Waals surface area contributed by atoms with Crippen molar-refractivity contribution in [2.45, 2.75) is 25.9 Å². The van der Waals surface area contributed by atoms with Gasteiger partial charge in [0.2, 0.25) is 0 Å². The normalized spacial score (nSPS) is 17.2. The Morgan fingerprint density at radius 3 is 2.62 bits per heavy atom. The number of benzene rings is 1. The molecule has 0 radical (unpaired) electrons. The molecule has 0 saturated heterocycles. The van der Waals surface area contributed by atoms with E-state index in [1.807, 2.05) is 13.0 Å². The third-order valence-corrected chi connectivity index (χ3v) is 4.00. The largest absolute Gasteiger partial charge is 0.496 e. The molecule has 0 bridgehead atoms. The van der Waals surface area contributed by atoms with Crippen LogP contribution >= 0.6 is 0 Å². The summed E-state index contributed by atoms with van der Waals surface area (Å²) >= 11 is 0. The minimum absolute atomic E-state index is 0.142. The molecule has 0 saturated carbocycles. The van der Waals surface area contributed by atoms with Gasteiger partial charge in [-0.2, -0.15) is 0 Å². The van der Waals surface area contributed by atoms with Crippen molar-refractivity contribution >= 4 is 6.09 Å². The fourth-order valence-corrected chi connectivity index (χ4v) is 3.00. The van der Waals surface area contributed by atoms with Gasteiger partial charge in [0.15, 0.2) is 0 Å². The van der Waals surface area contributed by atoms with E-state index in [9.17, 15) is 4.79 Å². The number of hydrogen-bond donors (Lipinski definition) is 1. The third-order valence-electron chi connectivity index (χ3n) is 4.00. The first kappa shape index (κ1) is 15.4. The number of carbonyl (C=O) groups is 1. The van der Waals surface area contributed by atoms with Gasteiger partial charge in [-0.15, -0.1) is 0 Å². The third kappa shape index (κ3) is 2.51. The highest BCUT2D eigenvalue weighted by Crippen LogP contribution is 2.43. The van der Waals surface area contributed by atoms with E-state index in [0.717, 1.165) is 28.2 Å². The smallest absolute Gasteiger partial charge is 0.409 e. The van der Waals surface area contributed by atoms with Gasteiger partial charge >= 0.3 is 6.09 Å². The quantitative estimate of drug-likeness (QED) is 0.921. The molecule has 2 N–H and O–H groups in total. The molecule has 1 unspecified atom stereocenters. The minimum Gasteiger partial charge on any atom is -0.496 e. The van der Waals surface area contributed by atoms with Crippen LogP contribution in [0.3, 0.4) is 0 Å². The van der Waals surface area contributed by atoms with Crippen LogP contribution in [-0.4, -0.2) is 38.9 Å². The Bertz CT molecular complexity index is 545. The molecule has 2 rings (SSSR count). The summed E-state index contributed by atoms with van der Waals surface area (Å²) in [5.74, 6) is 1.53. The van der Waals surface area contributed by atoms with Crippen molar-refractivity contribution in [3.63, 3.8) is 0 Å². The number of nitrogens with two attached hydrogens (primary N) is 1. The lowest BCUT2D eigenvalue weighted by molar-refractivity contribution is 0.104. The molecule has 1 aliphatic heterocycles. The van der Waals surface area contributed by atoms with Gasteiger partial charge < -0.3 is 24.8 Å². The van der Waals surface area contributed by atoms with Crippen molar-refractivity contribution in [3.05, 3.63) is 22.8 Å². The summed E-state index contributed by atoms with van der Waals surface area (Å²) in [5, 5.41) is 0. The van der Waals surface area contributed by atoms with Crippen LogP contribution < -0.4 is 15.2 Å². The van der Waals surface area contributed by atoms with Crippen LogP contribution in [0.1, 0.15) is 29.7 Å². The van der Waals surface area contributed by atoms with Crippen molar-refractivity contribution in [1.82, 2.24) is 4.90 Å². The van der Waals surface area contributed by atoms with Crippen LogP contribution in [0.4, 0.5) is 4.79 Å². The molecule has 1 heterocycles. The van der Waals surface area contributed by atoms with E-state index in [0.29, 0.717) is 19.5 Å². The van der Waals surface area contributed by atoms with Gasteiger partial charge in [0.05, 0.1) is 27.4 Å². The number of methoxy groups -OCH3 is 3. The molecule has 1 aliphatic rings. The maximum atomic E-state index is 11.9. The monoisotopic (exact) mass is 294 g/mol. The predicted molar refractivity (Wildman–Crippen MR) is 78.7 cm³/mol. The van der Waals surface area contributed by atoms with E-state index in [4.69, 9.17) is 19.9 Å². The summed E-state index contributed by atoms with van der Waals surface area (Å²) in [5.41, 5.74) is 8.73. The molecule has 6 nitrogen and oxygen atoms in total. The number of hydrogen-bond acceptors (Lipinski definition) is 5. The Morgan fingerprint density at radius 1 is 1.38 bits per heavy atom. The van der Waals surface area contributed by atoms with Crippen LogP contribution in [0.5, 0.6) is 11.5 Å². The van der Waals surface area contributed by atoms with Crippen LogP contribution in [0.25, 0.3) is 0 Å². The Hall–Kier alpha value is -1.95. The summed E-state index contributed by atoms with van der Waals surface area (Å²) in [6, 6.07) is 1.74. The first-order chi connectivity index (χ1) is 10.1. The highest BCUT2D eigenvalue weighted by Gasteiger charge is 2.33. The van der Waals surface area contributed by atoms with Gasteiger partial charge in [0, 0.05) is 29.8 Å². The van der Waals surface area contributed by atoms with Crippen molar-refractivity contribution in [2.24, 2.45) is 5.73 Å². The lowest BCUT2D eigenvalue weighted by atomic mass is 9.89. The Balaban J connectivity index is 2.58. The second-order valence-electron chi connectivity index (χ2n) is 4.96. The molecular formula is C15H22N2O4.